The van der Waals surface area contributed by atoms with Crippen molar-refractivity contribution in [1.82, 2.24) is 14.9 Å². The van der Waals surface area contributed by atoms with Crippen molar-refractivity contribution >= 4 is 39.0 Å². The fourth-order valence-electron chi connectivity index (χ4n) is 4.36. The third kappa shape index (κ3) is 6.47. The molecule has 0 saturated carbocycles. The number of nitrogens with one attached hydrogen (secondary N) is 1. The molecule has 0 amide bonds. The second-order valence-corrected chi connectivity index (χ2v) is 10.5. The number of pyridine rings is 2. The molecule has 0 bridgehead atoms. The fraction of sp³-hybridized carbons (Fsp3) is 0.310. The van der Waals surface area contributed by atoms with Crippen LogP contribution in [0.3, 0.4) is 0 Å². The summed E-state index contributed by atoms with van der Waals surface area (Å²) < 4.78 is 6.21. The molecule has 0 aliphatic carbocycles. The van der Waals surface area contributed by atoms with Crippen molar-refractivity contribution in [2.45, 2.75) is 45.8 Å². The van der Waals surface area contributed by atoms with Crippen molar-refractivity contribution in [2.24, 2.45) is 5.73 Å². The molecule has 1 saturated heterocycles. The van der Waals surface area contributed by atoms with Crippen LogP contribution in [-0.4, -0.2) is 40.1 Å². The highest BCUT2D eigenvalue weighted by molar-refractivity contribution is 8.11. The average molecular weight is 502 g/mol. The molecule has 3 aromatic rings. The maximum atomic E-state index is 6.21. The van der Waals surface area contributed by atoms with E-state index in [-0.39, 0.29) is 6.10 Å². The summed E-state index contributed by atoms with van der Waals surface area (Å²) in [7, 11) is 0. The second kappa shape index (κ2) is 11.6. The Hall–Kier alpha value is -3.29. The van der Waals surface area contributed by atoms with Crippen LogP contribution in [0.25, 0.3) is 21.4 Å². The maximum absolute atomic E-state index is 6.21. The molecule has 1 aliphatic heterocycles. The summed E-state index contributed by atoms with van der Waals surface area (Å²) in [6, 6.07) is 12.8. The number of anilines is 1. The summed E-state index contributed by atoms with van der Waals surface area (Å²) in [5, 5.41) is 6.05. The van der Waals surface area contributed by atoms with E-state index in [1.165, 1.54) is 11.8 Å². The molecule has 36 heavy (non-hydrogen) atoms. The minimum atomic E-state index is 0.192. The molecule has 0 atom stereocenters. The third-order valence-corrected chi connectivity index (χ3v) is 7.32. The molecule has 3 N–H and O–H groups in total. The van der Waals surface area contributed by atoms with Gasteiger partial charge in [0.25, 0.3) is 0 Å². The van der Waals surface area contributed by atoms with E-state index in [0.29, 0.717) is 17.0 Å². The summed E-state index contributed by atoms with van der Waals surface area (Å²) in [4.78, 5) is 12.6. The Kier molecular flexibility index (Phi) is 8.33. The first-order valence-corrected chi connectivity index (χ1v) is 13.2. The lowest BCUT2D eigenvalue weighted by Gasteiger charge is -2.34. The topological polar surface area (TPSA) is 76.3 Å². The van der Waals surface area contributed by atoms with E-state index in [2.05, 4.69) is 65.4 Å². The van der Waals surface area contributed by atoms with Gasteiger partial charge in [0.05, 0.1) is 5.03 Å². The van der Waals surface area contributed by atoms with Gasteiger partial charge in [0.1, 0.15) is 11.9 Å². The van der Waals surface area contributed by atoms with E-state index in [4.69, 9.17) is 10.5 Å². The molecule has 2 aromatic heterocycles. The van der Waals surface area contributed by atoms with Crippen molar-refractivity contribution < 1.29 is 4.74 Å². The number of nitrogens with zero attached hydrogens (tertiary/aromatic N) is 3. The molecule has 3 heterocycles. The number of likely N-dealkylation sites (tertiary alicyclic amines) is 1. The van der Waals surface area contributed by atoms with Crippen molar-refractivity contribution in [3.8, 4) is 5.88 Å². The predicted molar refractivity (Wildman–Crippen MR) is 154 cm³/mol. The van der Waals surface area contributed by atoms with E-state index in [0.717, 1.165) is 64.3 Å². The lowest BCUT2D eigenvalue weighted by Crippen LogP contribution is -2.41. The van der Waals surface area contributed by atoms with Crippen molar-refractivity contribution in [2.75, 3.05) is 18.4 Å². The minimum Gasteiger partial charge on any atom is -0.474 e. The van der Waals surface area contributed by atoms with Crippen molar-refractivity contribution in [1.29, 1.82) is 0 Å². The van der Waals surface area contributed by atoms with Crippen LogP contribution in [0.5, 0.6) is 5.88 Å². The third-order valence-electron chi connectivity index (χ3n) is 6.37. The summed E-state index contributed by atoms with van der Waals surface area (Å²) in [6.45, 7) is 16.6. The van der Waals surface area contributed by atoms with Crippen molar-refractivity contribution in [3.63, 3.8) is 0 Å². The Morgan fingerprint density at radius 3 is 2.58 bits per heavy atom. The molecule has 0 spiro atoms. The summed E-state index contributed by atoms with van der Waals surface area (Å²) in [6.07, 6.45) is 7.89. The first kappa shape index (κ1) is 25.8. The number of fused-ring (bicyclic) bond motifs is 1. The van der Waals surface area contributed by atoms with Crippen molar-refractivity contribution in [3.05, 3.63) is 84.2 Å². The molecular formula is C29H35N5OS. The van der Waals surface area contributed by atoms with Gasteiger partial charge >= 0.3 is 0 Å². The number of benzene rings is 1. The number of ether oxygens (including phenoxy) is 1. The lowest BCUT2D eigenvalue weighted by molar-refractivity contribution is 0.0812. The van der Waals surface area contributed by atoms with Crippen LogP contribution in [-0.2, 0) is 0 Å². The number of hydrogen-bond donors (Lipinski definition) is 2. The lowest BCUT2D eigenvalue weighted by atomic mass is 10.1. The maximum Gasteiger partial charge on any atom is 0.214 e. The van der Waals surface area contributed by atoms with Gasteiger partial charge in [-0.25, -0.2) is 9.97 Å². The molecule has 1 aromatic carbocycles. The van der Waals surface area contributed by atoms with Gasteiger partial charge in [-0.05, 0) is 62.8 Å². The molecule has 0 radical (unpaired) electrons. The zero-order valence-electron chi connectivity index (χ0n) is 21.3. The first-order valence-electron chi connectivity index (χ1n) is 12.3. The van der Waals surface area contributed by atoms with Gasteiger partial charge in [-0.3, -0.25) is 0 Å². The van der Waals surface area contributed by atoms with Gasteiger partial charge in [-0.1, -0.05) is 43.1 Å². The highest BCUT2D eigenvalue weighted by atomic mass is 32.2. The number of aromatic nitrogens is 2. The van der Waals surface area contributed by atoms with Crippen LogP contribution >= 0.6 is 11.8 Å². The van der Waals surface area contributed by atoms with Crippen LogP contribution in [0.4, 0.5) is 5.82 Å². The van der Waals surface area contributed by atoms with E-state index in [1.807, 2.05) is 37.4 Å². The summed E-state index contributed by atoms with van der Waals surface area (Å²) >= 11 is 1.47. The number of rotatable bonds is 9. The average Bonchev–Trinajstić information content (AvgIpc) is 2.87. The highest BCUT2D eigenvalue weighted by Crippen LogP contribution is 2.33. The molecule has 1 aliphatic rings. The van der Waals surface area contributed by atoms with Crippen LogP contribution in [0.15, 0.2) is 73.1 Å². The quantitative estimate of drug-likeness (QED) is 0.347. The second-order valence-electron chi connectivity index (χ2n) is 9.29. The van der Waals surface area contributed by atoms with Crippen LogP contribution in [0.1, 0.15) is 44.7 Å². The fourth-order valence-corrected chi connectivity index (χ4v) is 5.00. The SMILES string of the molecule is C=C(N)S/C(=C\C)c1ccc2cnc(NC(=C)c3ccnc(OC4CCN(C(C)C)CC4)c3)cc2c1. The summed E-state index contributed by atoms with van der Waals surface area (Å²) in [5.74, 6) is 1.36. The molecular weight excluding hydrogens is 466 g/mol. The van der Waals surface area contributed by atoms with Gasteiger partial charge in [-0.15, -0.1) is 0 Å². The highest BCUT2D eigenvalue weighted by Gasteiger charge is 2.22. The normalized spacial score (nSPS) is 15.3. The van der Waals surface area contributed by atoms with E-state index < -0.39 is 0 Å². The minimum absolute atomic E-state index is 0.192. The van der Waals surface area contributed by atoms with Crippen LogP contribution in [0.2, 0.25) is 0 Å². The Bertz CT molecular complexity index is 1280. The van der Waals surface area contributed by atoms with Gasteiger partial charge in [0.15, 0.2) is 0 Å². The molecule has 188 valence electrons. The van der Waals surface area contributed by atoms with E-state index >= 15 is 0 Å². The zero-order chi connectivity index (χ0) is 25.7. The molecule has 1 fully saturated rings. The van der Waals surface area contributed by atoms with Gasteiger partial charge < -0.3 is 20.7 Å². The van der Waals surface area contributed by atoms with E-state index in [1.54, 1.807) is 6.20 Å². The Morgan fingerprint density at radius 2 is 1.89 bits per heavy atom. The van der Waals surface area contributed by atoms with Gasteiger partial charge in [0, 0.05) is 59.1 Å². The Balaban J connectivity index is 1.45. The first-order chi connectivity index (χ1) is 17.3. The molecule has 0 unspecified atom stereocenters. The number of hydrogen-bond acceptors (Lipinski definition) is 7. The molecule has 6 nitrogen and oxygen atoms in total. The summed E-state index contributed by atoms with van der Waals surface area (Å²) in [5.41, 5.74) is 8.57. The zero-order valence-corrected chi connectivity index (χ0v) is 22.1. The smallest absolute Gasteiger partial charge is 0.214 e. The number of nitrogens with two attached hydrogens (primary N) is 1. The number of piperidine rings is 1. The standard InChI is InChI=1S/C29H35N5OS/c1-6-27(36-21(5)30)23-7-8-24-18-32-28(16-25(24)15-23)33-20(4)22-9-12-31-29(17-22)35-26-10-13-34(14-11-26)19(2)3/h6-9,12,15-19,26H,4-5,10-11,13-14,30H2,1-3H3,(H,32,33)/b27-6-. The molecule has 4 rings (SSSR count). The Morgan fingerprint density at radius 1 is 1.11 bits per heavy atom. The number of thioether (sulfide) groups is 1. The van der Waals surface area contributed by atoms with E-state index in [9.17, 15) is 0 Å². The molecule has 7 heteroatoms. The van der Waals surface area contributed by atoms with Crippen LogP contribution in [0, 0.1) is 0 Å². The monoisotopic (exact) mass is 501 g/mol. The van der Waals surface area contributed by atoms with Crippen LogP contribution < -0.4 is 15.8 Å². The Labute approximate surface area is 218 Å². The van der Waals surface area contributed by atoms with Gasteiger partial charge in [-0.2, -0.15) is 0 Å². The van der Waals surface area contributed by atoms with Gasteiger partial charge in [0.2, 0.25) is 5.88 Å². The predicted octanol–water partition coefficient (Wildman–Crippen LogP) is 6.49. The largest absolute Gasteiger partial charge is 0.474 e. The number of allylic oxidation sites excluding steroid dienone is 1.